The van der Waals surface area contributed by atoms with Crippen molar-refractivity contribution in [3.05, 3.63) is 11.8 Å². The third-order valence-electron chi connectivity index (χ3n) is 3.90. The lowest BCUT2D eigenvalue weighted by Crippen LogP contribution is -2.34. The molecule has 2 saturated heterocycles. The van der Waals surface area contributed by atoms with Crippen LogP contribution in [0.1, 0.15) is 18.2 Å². The quantitative estimate of drug-likeness (QED) is 0.783. The number of aromatic nitrogens is 2. The lowest BCUT2D eigenvalue weighted by Gasteiger charge is -2.18. The summed E-state index contributed by atoms with van der Waals surface area (Å²) in [5.41, 5.74) is 0. The minimum Gasteiger partial charge on any atom is -0.426 e. The summed E-state index contributed by atoms with van der Waals surface area (Å²) in [5, 5.41) is 7.81. The number of rotatable bonds is 4. The Labute approximate surface area is 117 Å². The summed E-state index contributed by atoms with van der Waals surface area (Å²) >= 11 is 0. The Kier molecular flexibility index (Phi) is 3.71. The summed E-state index contributed by atoms with van der Waals surface area (Å²) in [7, 11) is 1.54. The highest BCUT2D eigenvalue weighted by Crippen LogP contribution is 2.34. The minimum absolute atomic E-state index is 0.0366. The first-order valence-corrected chi connectivity index (χ1v) is 6.87. The number of likely N-dealkylation sites (tertiary alicyclic amines) is 1. The number of aryl methyl sites for hydroxylation is 1. The Morgan fingerprint density at radius 1 is 1.45 bits per heavy atom. The van der Waals surface area contributed by atoms with E-state index in [0.717, 1.165) is 13.0 Å². The van der Waals surface area contributed by atoms with Crippen LogP contribution < -0.4 is 0 Å². The molecule has 0 aromatic carbocycles. The minimum atomic E-state index is 0.0366. The van der Waals surface area contributed by atoms with E-state index >= 15 is 0 Å². The number of hydrogen-bond donors (Lipinski definition) is 0. The van der Waals surface area contributed by atoms with Crippen molar-refractivity contribution in [1.29, 1.82) is 0 Å². The molecule has 0 radical (unpaired) electrons. The maximum atomic E-state index is 11.8. The van der Waals surface area contributed by atoms with E-state index in [1.807, 2.05) is 4.90 Å². The van der Waals surface area contributed by atoms with E-state index in [1.165, 1.54) is 7.11 Å². The normalized spacial score (nSPS) is 28.9. The van der Waals surface area contributed by atoms with Gasteiger partial charge in [0.1, 0.15) is 6.61 Å². The van der Waals surface area contributed by atoms with Crippen LogP contribution in [0.5, 0.6) is 0 Å². The summed E-state index contributed by atoms with van der Waals surface area (Å²) in [5.74, 6) is 1.65. The fraction of sp³-hybridized carbons (Fsp3) is 0.769. The predicted molar refractivity (Wildman–Crippen MR) is 68.0 cm³/mol. The van der Waals surface area contributed by atoms with Crippen molar-refractivity contribution in [1.82, 2.24) is 15.1 Å². The van der Waals surface area contributed by atoms with Gasteiger partial charge in [0.05, 0.1) is 18.6 Å². The van der Waals surface area contributed by atoms with Crippen LogP contribution in [0.3, 0.4) is 0 Å². The Balaban J connectivity index is 1.52. The molecule has 3 atom stereocenters. The standard InChI is InChI=1S/C13H19N3O4/c1-8-14-15-12(19-8)4-10-3-9-5-16(6-11(9)20-10)13(17)7-18-2/h9-11H,3-7H2,1-2H3/t9-,10+,11+/m1/s1. The number of carbonyl (C=O) groups excluding carboxylic acids is 1. The molecule has 1 aromatic heterocycles. The second kappa shape index (κ2) is 5.49. The highest BCUT2D eigenvalue weighted by atomic mass is 16.5. The molecule has 1 amide bonds. The van der Waals surface area contributed by atoms with Crippen LogP contribution in [-0.4, -0.2) is 60.0 Å². The highest BCUT2D eigenvalue weighted by molar-refractivity contribution is 5.77. The molecule has 0 saturated carbocycles. The second-order valence-corrected chi connectivity index (χ2v) is 5.44. The van der Waals surface area contributed by atoms with E-state index in [1.54, 1.807) is 6.92 Å². The molecule has 3 rings (SSSR count). The Morgan fingerprint density at radius 2 is 2.30 bits per heavy atom. The van der Waals surface area contributed by atoms with Crippen molar-refractivity contribution in [3.8, 4) is 0 Å². The van der Waals surface area contributed by atoms with Gasteiger partial charge >= 0.3 is 0 Å². The molecule has 0 N–H and O–H groups in total. The molecule has 2 aliphatic heterocycles. The van der Waals surface area contributed by atoms with Gasteiger partial charge in [-0.1, -0.05) is 0 Å². The molecule has 2 aliphatic rings. The van der Waals surface area contributed by atoms with Crippen molar-refractivity contribution < 1.29 is 18.7 Å². The topological polar surface area (TPSA) is 77.7 Å². The smallest absolute Gasteiger partial charge is 0.248 e. The van der Waals surface area contributed by atoms with Crippen LogP contribution >= 0.6 is 0 Å². The number of hydrogen-bond acceptors (Lipinski definition) is 6. The van der Waals surface area contributed by atoms with Gasteiger partial charge in [-0.2, -0.15) is 0 Å². The molecule has 0 unspecified atom stereocenters. The molecule has 0 spiro atoms. The first kappa shape index (κ1) is 13.5. The maximum Gasteiger partial charge on any atom is 0.248 e. The lowest BCUT2D eigenvalue weighted by molar-refractivity contribution is -0.135. The van der Waals surface area contributed by atoms with Crippen molar-refractivity contribution in [3.63, 3.8) is 0 Å². The highest BCUT2D eigenvalue weighted by Gasteiger charge is 2.43. The van der Waals surface area contributed by atoms with Gasteiger partial charge in [0.2, 0.25) is 17.7 Å². The lowest BCUT2D eigenvalue weighted by atomic mass is 10.0. The molecule has 0 aliphatic carbocycles. The number of nitrogens with zero attached hydrogens (tertiary/aromatic N) is 3. The monoisotopic (exact) mass is 281 g/mol. The molecule has 3 heterocycles. The van der Waals surface area contributed by atoms with Gasteiger partial charge in [-0.3, -0.25) is 4.79 Å². The van der Waals surface area contributed by atoms with E-state index in [9.17, 15) is 4.79 Å². The molecule has 2 fully saturated rings. The van der Waals surface area contributed by atoms with E-state index < -0.39 is 0 Å². The van der Waals surface area contributed by atoms with Crippen molar-refractivity contribution in [2.24, 2.45) is 5.92 Å². The van der Waals surface area contributed by atoms with Crippen molar-refractivity contribution in [2.45, 2.75) is 32.0 Å². The molecule has 7 heteroatoms. The average molecular weight is 281 g/mol. The van der Waals surface area contributed by atoms with Crippen LogP contribution in [0.25, 0.3) is 0 Å². The summed E-state index contributed by atoms with van der Waals surface area (Å²) in [6, 6.07) is 0. The average Bonchev–Trinajstić information content (AvgIpc) is 3.04. The fourth-order valence-electron chi connectivity index (χ4n) is 3.03. The summed E-state index contributed by atoms with van der Waals surface area (Å²) < 4.78 is 16.3. The van der Waals surface area contributed by atoms with E-state index in [-0.39, 0.29) is 24.7 Å². The van der Waals surface area contributed by atoms with Gasteiger partial charge in [-0.15, -0.1) is 10.2 Å². The number of carbonyl (C=O) groups is 1. The zero-order valence-corrected chi connectivity index (χ0v) is 11.7. The zero-order valence-electron chi connectivity index (χ0n) is 11.7. The molecule has 20 heavy (non-hydrogen) atoms. The largest absolute Gasteiger partial charge is 0.426 e. The molecular weight excluding hydrogens is 262 g/mol. The van der Waals surface area contributed by atoms with Gasteiger partial charge in [0.25, 0.3) is 0 Å². The van der Waals surface area contributed by atoms with Gasteiger partial charge in [0, 0.05) is 33.0 Å². The SMILES string of the molecule is COCC(=O)N1C[C@H]2C[C@@H](Cc3nnc(C)o3)O[C@H]2C1. The van der Waals surface area contributed by atoms with Crippen molar-refractivity contribution >= 4 is 5.91 Å². The van der Waals surface area contributed by atoms with Crippen LogP contribution in [0, 0.1) is 12.8 Å². The van der Waals surface area contributed by atoms with Gasteiger partial charge in [0.15, 0.2) is 0 Å². The molecule has 7 nitrogen and oxygen atoms in total. The van der Waals surface area contributed by atoms with Crippen LogP contribution in [0.4, 0.5) is 0 Å². The number of ether oxygens (including phenoxy) is 2. The summed E-state index contributed by atoms with van der Waals surface area (Å²) in [6.07, 6.45) is 1.83. The number of fused-ring (bicyclic) bond motifs is 1. The van der Waals surface area contributed by atoms with E-state index in [2.05, 4.69) is 10.2 Å². The van der Waals surface area contributed by atoms with Crippen LogP contribution in [-0.2, 0) is 20.7 Å². The van der Waals surface area contributed by atoms with E-state index in [0.29, 0.717) is 30.7 Å². The first-order valence-electron chi connectivity index (χ1n) is 6.87. The van der Waals surface area contributed by atoms with Crippen LogP contribution in [0.2, 0.25) is 0 Å². The summed E-state index contributed by atoms with van der Waals surface area (Å²) in [6.45, 7) is 3.34. The Morgan fingerprint density at radius 3 is 2.95 bits per heavy atom. The molecule has 0 bridgehead atoms. The van der Waals surface area contributed by atoms with Gasteiger partial charge < -0.3 is 18.8 Å². The zero-order chi connectivity index (χ0) is 14.1. The second-order valence-electron chi connectivity index (χ2n) is 5.44. The Hall–Kier alpha value is -1.47. The van der Waals surface area contributed by atoms with Gasteiger partial charge in [-0.05, 0) is 6.42 Å². The molecule has 1 aromatic rings. The first-order chi connectivity index (χ1) is 9.65. The number of methoxy groups -OCH3 is 1. The molecular formula is C13H19N3O4. The maximum absolute atomic E-state index is 11.8. The van der Waals surface area contributed by atoms with Crippen molar-refractivity contribution in [2.75, 3.05) is 26.8 Å². The van der Waals surface area contributed by atoms with Crippen LogP contribution in [0.15, 0.2) is 4.42 Å². The van der Waals surface area contributed by atoms with Gasteiger partial charge in [-0.25, -0.2) is 0 Å². The Bertz CT molecular complexity index is 476. The fourth-order valence-corrected chi connectivity index (χ4v) is 3.03. The predicted octanol–water partition coefficient (Wildman–Crippen LogP) is 0.183. The number of amides is 1. The third-order valence-corrected chi connectivity index (χ3v) is 3.90. The molecule has 110 valence electrons. The van der Waals surface area contributed by atoms with E-state index in [4.69, 9.17) is 13.9 Å². The summed E-state index contributed by atoms with van der Waals surface area (Å²) in [4.78, 5) is 13.6. The third kappa shape index (κ3) is 2.69.